The average molecular weight is 266 g/mol. The maximum absolute atomic E-state index is 12.0. The van der Waals surface area contributed by atoms with Crippen molar-refractivity contribution in [3.8, 4) is 0 Å². The van der Waals surface area contributed by atoms with Gasteiger partial charge in [-0.1, -0.05) is 60.2 Å². The lowest BCUT2D eigenvalue weighted by Crippen LogP contribution is -2.07. The van der Waals surface area contributed by atoms with E-state index in [0.29, 0.717) is 12.5 Å². The van der Waals surface area contributed by atoms with E-state index in [2.05, 4.69) is 31.2 Å². The maximum atomic E-state index is 12.0. The SMILES string of the molecule is Cc1ccc([C@H]2C[C@@H]2C(=O)OCc2ccccc2)cc1. The summed E-state index contributed by atoms with van der Waals surface area (Å²) in [6.07, 6.45) is 0.913. The molecule has 1 aliphatic rings. The predicted molar refractivity (Wildman–Crippen MR) is 78.3 cm³/mol. The van der Waals surface area contributed by atoms with Crippen molar-refractivity contribution in [2.45, 2.75) is 25.9 Å². The highest BCUT2D eigenvalue weighted by Gasteiger charge is 2.45. The first-order chi connectivity index (χ1) is 9.74. The van der Waals surface area contributed by atoms with Crippen molar-refractivity contribution in [2.24, 2.45) is 5.92 Å². The Morgan fingerprint density at radius 2 is 1.80 bits per heavy atom. The number of ether oxygens (including phenoxy) is 1. The number of aryl methyl sites for hydroxylation is 1. The van der Waals surface area contributed by atoms with Crippen LogP contribution < -0.4 is 0 Å². The molecule has 0 aliphatic heterocycles. The van der Waals surface area contributed by atoms with Gasteiger partial charge < -0.3 is 4.74 Å². The summed E-state index contributed by atoms with van der Waals surface area (Å²) in [5.41, 5.74) is 3.53. The largest absolute Gasteiger partial charge is 0.461 e. The Bertz CT molecular complexity index is 587. The minimum absolute atomic E-state index is 0.0430. The summed E-state index contributed by atoms with van der Waals surface area (Å²) in [6, 6.07) is 18.2. The van der Waals surface area contributed by atoms with Crippen LogP contribution in [0.1, 0.15) is 29.0 Å². The lowest BCUT2D eigenvalue weighted by atomic mass is 10.1. The normalized spacial score (nSPS) is 20.4. The second-order valence-corrected chi connectivity index (χ2v) is 5.45. The van der Waals surface area contributed by atoms with Crippen LogP contribution in [-0.4, -0.2) is 5.97 Å². The van der Waals surface area contributed by atoms with Gasteiger partial charge in [0.2, 0.25) is 0 Å². The van der Waals surface area contributed by atoms with Gasteiger partial charge in [-0.2, -0.15) is 0 Å². The fourth-order valence-corrected chi connectivity index (χ4v) is 2.47. The Morgan fingerprint density at radius 3 is 2.50 bits per heavy atom. The van der Waals surface area contributed by atoms with Crippen LogP contribution in [0.3, 0.4) is 0 Å². The molecule has 0 aromatic heterocycles. The van der Waals surface area contributed by atoms with Gasteiger partial charge in [-0.3, -0.25) is 4.79 Å². The second-order valence-electron chi connectivity index (χ2n) is 5.45. The highest BCUT2D eigenvalue weighted by Crippen LogP contribution is 2.48. The molecule has 2 nitrogen and oxygen atoms in total. The Labute approximate surface area is 119 Å². The summed E-state index contributed by atoms with van der Waals surface area (Å²) in [4.78, 5) is 12.0. The molecule has 0 bridgehead atoms. The van der Waals surface area contributed by atoms with E-state index in [4.69, 9.17) is 4.74 Å². The van der Waals surface area contributed by atoms with E-state index < -0.39 is 0 Å². The van der Waals surface area contributed by atoms with Crippen LogP contribution in [-0.2, 0) is 16.1 Å². The molecule has 0 saturated heterocycles. The van der Waals surface area contributed by atoms with E-state index in [9.17, 15) is 4.79 Å². The molecular weight excluding hydrogens is 248 g/mol. The van der Waals surface area contributed by atoms with Gasteiger partial charge in [0.1, 0.15) is 6.61 Å². The van der Waals surface area contributed by atoms with E-state index in [0.717, 1.165) is 12.0 Å². The van der Waals surface area contributed by atoms with Crippen molar-refractivity contribution in [2.75, 3.05) is 0 Å². The monoisotopic (exact) mass is 266 g/mol. The summed E-state index contributed by atoms with van der Waals surface area (Å²) < 4.78 is 5.39. The van der Waals surface area contributed by atoms with Crippen molar-refractivity contribution in [3.05, 3.63) is 71.3 Å². The topological polar surface area (TPSA) is 26.3 Å². The van der Waals surface area contributed by atoms with Gasteiger partial charge in [0, 0.05) is 0 Å². The molecule has 1 aliphatic carbocycles. The van der Waals surface area contributed by atoms with Crippen molar-refractivity contribution in [1.29, 1.82) is 0 Å². The molecule has 0 unspecified atom stereocenters. The molecule has 0 amide bonds. The number of carbonyl (C=O) groups excluding carboxylic acids is 1. The first kappa shape index (κ1) is 12.9. The van der Waals surface area contributed by atoms with Crippen LogP contribution in [0.2, 0.25) is 0 Å². The van der Waals surface area contributed by atoms with Crippen molar-refractivity contribution >= 4 is 5.97 Å². The van der Waals surface area contributed by atoms with Gasteiger partial charge in [-0.15, -0.1) is 0 Å². The third kappa shape index (κ3) is 2.90. The predicted octanol–water partition coefficient (Wildman–Crippen LogP) is 3.84. The molecule has 102 valence electrons. The number of carbonyl (C=O) groups is 1. The summed E-state index contributed by atoms with van der Waals surface area (Å²) in [6.45, 7) is 2.44. The maximum Gasteiger partial charge on any atom is 0.309 e. The van der Waals surface area contributed by atoms with Crippen LogP contribution in [0.15, 0.2) is 54.6 Å². The minimum atomic E-state index is -0.0700. The minimum Gasteiger partial charge on any atom is -0.461 e. The number of hydrogen-bond donors (Lipinski definition) is 0. The van der Waals surface area contributed by atoms with Crippen LogP contribution in [0.5, 0.6) is 0 Å². The molecular formula is C18H18O2. The van der Waals surface area contributed by atoms with Crippen molar-refractivity contribution in [3.63, 3.8) is 0 Å². The van der Waals surface area contributed by atoms with Crippen LogP contribution in [0.25, 0.3) is 0 Å². The van der Waals surface area contributed by atoms with Crippen LogP contribution in [0, 0.1) is 12.8 Å². The number of benzene rings is 2. The quantitative estimate of drug-likeness (QED) is 0.786. The summed E-state index contributed by atoms with van der Waals surface area (Å²) >= 11 is 0. The third-order valence-corrected chi connectivity index (χ3v) is 3.82. The zero-order valence-corrected chi connectivity index (χ0v) is 11.6. The van der Waals surface area contributed by atoms with E-state index in [1.165, 1.54) is 11.1 Å². The highest BCUT2D eigenvalue weighted by molar-refractivity contribution is 5.77. The lowest BCUT2D eigenvalue weighted by molar-refractivity contribution is -0.146. The Morgan fingerprint density at radius 1 is 1.10 bits per heavy atom. The summed E-state index contributed by atoms with van der Waals surface area (Å²) in [5.74, 6) is 0.319. The molecule has 3 rings (SSSR count). The Balaban J connectivity index is 1.54. The Kier molecular flexibility index (Phi) is 3.55. The van der Waals surface area contributed by atoms with Crippen molar-refractivity contribution in [1.82, 2.24) is 0 Å². The highest BCUT2D eigenvalue weighted by atomic mass is 16.5. The molecule has 0 spiro atoms. The lowest BCUT2D eigenvalue weighted by Gasteiger charge is -2.05. The van der Waals surface area contributed by atoms with E-state index in [1.54, 1.807) is 0 Å². The molecule has 2 aromatic carbocycles. The molecule has 0 radical (unpaired) electrons. The van der Waals surface area contributed by atoms with Crippen LogP contribution in [0.4, 0.5) is 0 Å². The molecule has 20 heavy (non-hydrogen) atoms. The molecule has 2 aromatic rings. The molecule has 1 saturated carbocycles. The van der Waals surface area contributed by atoms with Crippen molar-refractivity contribution < 1.29 is 9.53 Å². The fourth-order valence-electron chi connectivity index (χ4n) is 2.47. The number of rotatable bonds is 4. The number of esters is 1. The van der Waals surface area contributed by atoms with Gasteiger partial charge in [-0.25, -0.2) is 0 Å². The Hall–Kier alpha value is -2.09. The van der Waals surface area contributed by atoms with E-state index >= 15 is 0 Å². The van der Waals surface area contributed by atoms with E-state index in [-0.39, 0.29) is 11.9 Å². The van der Waals surface area contributed by atoms with E-state index in [1.807, 2.05) is 30.3 Å². The third-order valence-electron chi connectivity index (χ3n) is 3.82. The molecule has 1 fully saturated rings. The smallest absolute Gasteiger partial charge is 0.309 e. The zero-order chi connectivity index (χ0) is 13.9. The molecule has 2 heteroatoms. The van der Waals surface area contributed by atoms with Gasteiger partial charge in [0.25, 0.3) is 0 Å². The van der Waals surface area contributed by atoms with Gasteiger partial charge in [0.15, 0.2) is 0 Å². The van der Waals surface area contributed by atoms with Gasteiger partial charge in [-0.05, 0) is 30.4 Å². The molecule has 2 atom stereocenters. The van der Waals surface area contributed by atoms with Crippen LogP contribution >= 0.6 is 0 Å². The number of hydrogen-bond acceptors (Lipinski definition) is 2. The molecule has 0 heterocycles. The molecule has 0 N–H and O–H groups in total. The first-order valence-electron chi connectivity index (χ1n) is 7.01. The summed E-state index contributed by atoms with van der Waals surface area (Å²) in [7, 11) is 0. The first-order valence-corrected chi connectivity index (χ1v) is 7.01. The summed E-state index contributed by atoms with van der Waals surface area (Å²) in [5, 5.41) is 0. The standard InChI is InChI=1S/C18H18O2/c1-13-7-9-15(10-8-13)16-11-17(16)18(19)20-12-14-5-3-2-4-6-14/h2-10,16-17H,11-12H2,1H3/t16-,17+/m1/s1. The average Bonchev–Trinajstić information content (AvgIpc) is 3.27. The second kappa shape index (κ2) is 5.49. The fraction of sp³-hybridized carbons (Fsp3) is 0.278. The van der Waals surface area contributed by atoms with Gasteiger partial charge >= 0.3 is 5.97 Å². The zero-order valence-electron chi connectivity index (χ0n) is 11.6. The van der Waals surface area contributed by atoms with Gasteiger partial charge in [0.05, 0.1) is 5.92 Å².